The second-order valence-electron chi connectivity index (χ2n) is 16.3. The van der Waals surface area contributed by atoms with Gasteiger partial charge >= 0.3 is 0 Å². The highest BCUT2D eigenvalue weighted by molar-refractivity contribution is 6.30. The second kappa shape index (κ2) is 14.8. The minimum atomic E-state index is -0.401. The molecule has 8 heteroatoms. The molecule has 5 rings (SSSR count). The molecule has 0 bridgehead atoms. The Bertz CT molecular complexity index is 1640. The molecule has 2 heterocycles. The van der Waals surface area contributed by atoms with Crippen molar-refractivity contribution in [3.63, 3.8) is 0 Å². The highest BCUT2D eigenvalue weighted by Crippen LogP contribution is 2.46. The smallest absolute Gasteiger partial charge is 0.287 e. The van der Waals surface area contributed by atoms with E-state index in [0.29, 0.717) is 34.8 Å². The van der Waals surface area contributed by atoms with Crippen molar-refractivity contribution in [1.29, 1.82) is 0 Å². The minimum absolute atomic E-state index is 0.0113. The molecule has 1 aliphatic carbocycles. The topological polar surface area (TPSA) is 91.7 Å². The quantitative estimate of drug-likeness (QED) is 0.240. The zero-order chi connectivity index (χ0) is 34.7. The predicted octanol–water partition coefficient (Wildman–Crippen LogP) is 8.05. The molecule has 7 nitrogen and oxygen atoms in total. The van der Waals surface area contributed by atoms with Crippen molar-refractivity contribution in [3.8, 4) is 0 Å². The van der Waals surface area contributed by atoms with Gasteiger partial charge in [0.2, 0.25) is 5.91 Å². The van der Waals surface area contributed by atoms with Crippen molar-refractivity contribution in [2.75, 3.05) is 19.6 Å². The largest absolute Gasteiger partial charge is 0.451 e. The Morgan fingerprint density at radius 1 is 0.958 bits per heavy atom. The third-order valence-electron chi connectivity index (χ3n) is 10.4. The fourth-order valence-corrected chi connectivity index (χ4v) is 7.70. The van der Waals surface area contributed by atoms with E-state index in [4.69, 9.17) is 16.0 Å². The van der Waals surface area contributed by atoms with E-state index in [1.807, 2.05) is 36.4 Å². The van der Waals surface area contributed by atoms with E-state index < -0.39 is 5.91 Å². The van der Waals surface area contributed by atoms with Gasteiger partial charge in [-0.15, -0.1) is 0 Å². The monoisotopic (exact) mass is 675 g/mol. The number of nitrogens with one attached hydrogen (secondary N) is 2. The number of fused-ring (bicyclic) bond motifs is 1. The van der Waals surface area contributed by atoms with Gasteiger partial charge in [-0.1, -0.05) is 69.8 Å². The summed E-state index contributed by atoms with van der Waals surface area (Å²) >= 11 is 6.16. The fraction of sp³-hybridized carbons (Fsp3) is 0.575. The third-order valence-corrected chi connectivity index (χ3v) is 10.7. The summed E-state index contributed by atoms with van der Waals surface area (Å²) in [6, 6.07) is 14.4. The van der Waals surface area contributed by atoms with Gasteiger partial charge in [-0.25, -0.2) is 0 Å². The third kappa shape index (κ3) is 8.89. The standard InChI is InChI=1S/C40H54ClN3O4/c1-38(2,3)29-14-17-34-32(25-29)33(45)26-35(48-34)36(46)42-31(24-27-12-15-30(41)16-13-27)18-21-44-22-19-40(20-23-44,28-10-8-7-9-11-28)37(47)43-39(4,5)6/h12-17,25-26,28,31H,7-11,18-24H2,1-6H3,(H,42,46)(H,43,47)/t31-/m1/s1. The normalized spacial score (nSPS) is 18.4. The number of hydrogen-bond donors (Lipinski definition) is 2. The van der Waals surface area contributed by atoms with Crippen LogP contribution in [-0.2, 0) is 16.6 Å². The van der Waals surface area contributed by atoms with Crippen LogP contribution in [0.1, 0.15) is 115 Å². The molecule has 2 amide bonds. The van der Waals surface area contributed by atoms with Crippen molar-refractivity contribution in [1.82, 2.24) is 15.5 Å². The molecule has 1 saturated heterocycles. The predicted molar refractivity (Wildman–Crippen MR) is 195 cm³/mol. The Labute approximate surface area is 291 Å². The van der Waals surface area contributed by atoms with Gasteiger partial charge < -0.3 is 20.0 Å². The number of halogens is 1. The first-order valence-electron chi connectivity index (χ1n) is 17.8. The average molecular weight is 676 g/mol. The second-order valence-corrected chi connectivity index (χ2v) is 16.7. The number of hydrogen-bond acceptors (Lipinski definition) is 5. The Kier molecular flexibility index (Phi) is 11.1. The summed E-state index contributed by atoms with van der Waals surface area (Å²) in [7, 11) is 0. The first-order valence-corrected chi connectivity index (χ1v) is 18.2. The molecule has 2 aromatic carbocycles. The lowest BCUT2D eigenvalue weighted by Gasteiger charge is -2.47. The zero-order valence-corrected chi connectivity index (χ0v) is 30.5. The molecule has 2 fully saturated rings. The van der Waals surface area contributed by atoms with Crippen LogP contribution in [0, 0.1) is 11.3 Å². The summed E-state index contributed by atoms with van der Waals surface area (Å²) in [6.45, 7) is 15.0. The molecular formula is C40H54ClN3O4. The van der Waals surface area contributed by atoms with Crippen LogP contribution in [0.25, 0.3) is 11.0 Å². The molecule has 1 saturated carbocycles. The Morgan fingerprint density at radius 2 is 1.62 bits per heavy atom. The number of likely N-dealkylation sites (tertiary alicyclic amines) is 1. The number of amides is 2. The van der Waals surface area contributed by atoms with Gasteiger partial charge in [-0.2, -0.15) is 0 Å². The summed E-state index contributed by atoms with van der Waals surface area (Å²) in [6.07, 6.45) is 8.99. The molecule has 1 aliphatic heterocycles. The summed E-state index contributed by atoms with van der Waals surface area (Å²) in [5.74, 6) is 0.268. The van der Waals surface area contributed by atoms with E-state index in [0.717, 1.165) is 56.4 Å². The van der Waals surface area contributed by atoms with Crippen molar-refractivity contribution in [2.24, 2.45) is 11.3 Å². The number of nitrogens with zero attached hydrogens (tertiary/aromatic N) is 1. The number of carbonyl (C=O) groups is 2. The van der Waals surface area contributed by atoms with Crippen LogP contribution in [0.5, 0.6) is 0 Å². The van der Waals surface area contributed by atoms with Crippen LogP contribution in [0.3, 0.4) is 0 Å². The minimum Gasteiger partial charge on any atom is -0.451 e. The van der Waals surface area contributed by atoms with Gasteiger partial charge in [0.25, 0.3) is 5.91 Å². The van der Waals surface area contributed by atoms with Crippen molar-refractivity contribution in [3.05, 3.63) is 80.7 Å². The highest BCUT2D eigenvalue weighted by Gasteiger charge is 2.48. The SMILES string of the molecule is CC(C)(C)NC(=O)C1(C2CCCCC2)CCN(CC[C@H](Cc2ccc(Cl)cc2)NC(=O)c2cc(=O)c3cc(C(C)(C)C)ccc3o2)CC1. The number of benzene rings is 2. The number of piperidine rings is 1. The molecule has 260 valence electrons. The Balaban J connectivity index is 1.29. The van der Waals surface area contributed by atoms with E-state index in [1.165, 1.54) is 25.3 Å². The van der Waals surface area contributed by atoms with Gasteiger partial charge in [-0.05, 0) is 119 Å². The Morgan fingerprint density at radius 3 is 2.25 bits per heavy atom. The fourth-order valence-electron chi connectivity index (χ4n) is 7.58. The lowest BCUT2D eigenvalue weighted by molar-refractivity contribution is -0.141. The van der Waals surface area contributed by atoms with Crippen molar-refractivity contribution >= 4 is 34.4 Å². The lowest BCUT2D eigenvalue weighted by Crippen LogP contribution is -2.56. The van der Waals surface area contributed by atoms with Gasteiger partial charge in [0.05, 0.1) is 10.8 Å². The van der Waals surface area contributed by atoms with Gasteiger partial charge in [0.1, 0.15) is 5.58 Å². The molecule has 0 radical (unpaired) electrons. The molecule has 48 heavy (non-hydrogen) atoms. The maximum absolute atomic E-state index is 13.8. The summed E-state index contributed by atoms with van der Waals surface area (Å²) in [5.41, 5.74) is 1.58. The molecule has 2 aliphatic rings. The highest BCUT2D eigenvalue weighted by atomic mass is 35.5. The molecule has 0 unspecified atom stereocenters. The van der Waals surface area contributed by atoms with Crippen molar-refractivity contribution < 1.29 is 14.0 Å². The molecule has 2 N–H and O–H groups in total. The van der Waals surface area contributed by atoms with E-state index in [-0.39, 0.29) is 39.5 Å². The first-order chi connectivity index (χ1) is 22.6. The summed E-state index contributed by atoms with van der Waals surface area (Å²) in [4.78, 5) is 43.0. The van der Waals surface area contributed by atoms with Crippen molar-refractivity contribution in [2.45, 2.75) is 116 Å². The van der Waals surface area contributed by atoms with Crippen LogP contribution in [-0.4, -0.2) is 47.9 Å². The van der Waals surface area contributed by atoms with Crippen LogP contribution in [0.15, 0.2) is 57.7 Å². The molecular weight excluding hydrogens is 622 g/mol. The van der Waals surface area contributed by atoms with Gasteiger partial charge in [0, 0.05) is 29.2 Å². The van der Waals surface area contributed by atoms with E-state index in [9.17, 15) is 14.4 Å². The van der Waals surface area contributed by atoms with Crippen LogP contribution < -0.4 is 16.1 Å². The maximum atomic E-state index is 13.8. The molecule has 0 spiro atoms. The van der Waals surface area contributed by atoms with Gasteiger partial charge in [0.15, 0.2) is 11.2 Å². The Hall–Kier alpha value is -3.16. The van der Waals surface area contributed by atoms with E-state index in [1.54, 1.807) is 6.07 Å². The molecule has 1 atom stereocenters. The molecule has 3 aromatic rings. The average Bonchev–Trinajstić information content (AvgIpc) is 3.04. The first kappa shape index (κ1) is 36.1. The van der Waals surface area contributed by atoms with Gasteiger partial charge in [-0.3, -0.25) is 14.4 Å². The van der Waals surface area contributed by atoms with Crippen LogP contribution >= 0.6 is 11.6 Å². The number of rotatable bonds is 9. The number of carbonyl (C=O) groups excluding carboxylic acids is 2. The van der Waals surface area contributed by atoms with Crippen LogP contribution in [0.4, 0.5) is 0 Å². The van der Waals surface area contributed by atoms with E-state index >= 15 is 0 Å². The van der Waals surface area contributed by atoms with Crippen LogP contribution in [0.2, 0.25) is 5.02 Å². The van der Waals surface area contributed by atoms with E-state index in [2.05, 4.69) is 57.1 Å². The summed E-state index contributed by atoms with van der Waals surface area (Å²) in [5, 5.41) is 7.66. The zero-order valence-electron chi connectivity index (χ0n) is 29.7. The summed E-state index contributed by atoms with van der Waals surface area (Å²) < 4.78 is 5.99. The molecule has 1 aromatic heterocycles. The lowest BCUT2D eigenvalue weighted by atomic mass is 9.63. The maximum Gasteiger partial charge on any atom is 0.287 e.